The highest BCUT2D eigenvalue weighted by atomic mass is 32.2. The molecule has 0 unspecified atom stereocenters. The van der Waals surface area contributed by atoms with Crippen LogP contribution in [0.1, 0.15) is 47.9 Å². The number of nitrogen functional groups attached to an aromatic ring is 1. The number of hydrogen-bond donors (Lipinski definition) is 2. The van der Waals surface area contributed by atoms with E-state index in [9.17, 15) is 13.2 Å². The third kappa shape index (κ3) is 4.17. The van der Waals surface area contributed by atoms with Crippen LogP contribution in [0.25, 0.3) is 28.0 Å². The van der Waals surface area contributed by atoms with Crippen LogP contribution >= 0.6 is 0 Å². The SMILES string of the molecule is CS(=O)(=O)c1c([C@@H]2C[C@H]3CC[C@@H](C2)N3C(=O)c2nnc[nH]2)nc2c(-c3ccc(-c4ccc5c(c4)OCO5)nc3)cnn2c1N. The number of nitrogens with zero attached hydrogens (tertiary/aromatic N) is 7. The summed E-state index contributed by atoms with van der Waals surface area (Å²) in [4.78, 5) is 27.4. The monoisotopic (exact) mass is 613 g/mol. The zero-order valence-corrected chi connectivity index (χ0v) is 24.4. The van der Waals surface area contributed by atoms with Crippen molar-refractivity contribution in [2.45, 2.75) is 48.6 Å². The van der Waals surface area contributed by atoms with E-state index in [0.29, 0.717) is 41.2 Å². The van der Waals surface area contributed by atoms with Gasteiger partial charge in [-0.1, -0.05) is 6.07 Å². The number of carbonyl (C=O) groups excluding carboxylic acids is 1. The Morgan fingerprint density at radius 2 is 1.82 bits per heavy atom. The van der Waals surface area contributed by atoms with E-state index in [1.807, 2.05) is 35.2 Å². The number of fused-ring (bicyclic) bond motifs is 4. The van der Waals surface area contributed by atoms with Crippen molar-refractivity contribution in [1.82, 2.24) is 39.7 Å². The van der Waals surface area contributed by atoms with Crippen molar-refractivity contribution in [2.75, 3.05) is 18.8 Å². The summed E-state index contributed by atoms with van der Waals surface area (Å²) in [5.41, 5.74) is 10.4. The van der Waals surface area contributed by atoms with Gasteiger partial charge < -0.3 is 25.1 Å². The van der Waals surface area contributed by atoms with Crippen molar-refractivity contribution in [3.05, 3.63) is 60.6 Å². The van der Waals surface area contributed by atoms with Crippen LogP contribution in [0.5, 0.6) is 11.5 Å². The fraction of sp³-hybridized carbons (Fsp3) is 0.310. The predicted molar refractivity (Wildman–Crippen MR) is 157 cm³/mol. The van der Waals surface area contributed by atoms with Crippen LogP contribution in [-0.4, -0.2) is 79.1 Å². The molecule has 224 valence electrons. The number of aromatic nitrogens is 7. The van der Waals surface area contributed by atoms with E-state index < -0.39 is 9.84 Å². The quantitative estimate of drug-likeness (QED) is 0.297. The molecular weight excluding hydrogens is 586 g/mol. The number of hydrogen-bond acceptors (Lipinski definition) is 11. The predicted octanol–water partition coefficient (Wildman–Crippen LogP) is 2.84. The largest absolute Gasteiger partial charge is 0.454 e. The molecule has 2 bridgehead atoms. The van der Waals surface area contributed by atoms with Crippen LogP contribution in [-0.2, 0) is 9.84 Å². The lowest BCUT2D eigenvalue weighted by molar-refractivity contribution is 0.0556. The lowest BCUT2D eigenvalue weighted by Crippen LogP contribution is -2.46. The third-order valence-electron chi connectivity index (χ3n) is 8.75. The molecule has 1 aromatic carbocycles. The number of pyridine rings is 1. The van der Waals surface area contributed by atoms with Crippen LogP contribution in [0.15, 0.2) is 53.9 Å². The minimum absolute atomic E-state index is 0.0104. The minimum atomic E-state index is -3.76. The Balaban J connectivity index is 1.16. The molecule has 3 N–H and O–H groups in total. The summed E-state index contributed by atoms with van der Waals surface area (Å²) < 4.78 is 38.5. The molecule has 8 rings (SSSR count). The van der Waals surface area contributed by atoms with E-state index in [1.54, 1.807) is 12.4 Å². The third-order valence-corrected chi connectivity index (χ3v) is 9.91. The molecule has 3 aliphatic heterocycles. The maximum Gasteiger partial charge on any atom is 0.292 e. The Hall–Kier alpha value is -5.05. The van der Waals surface area contributed by atoms with Crippen molar-refractivity contribution < 1.29 is 22.7 Å². The molecule has 3 atom stereocenters. The Labute approximate surface area is 251 Å². The number of sulfone groups is 1. The Morgan fingerprint density at radius 1 is 1.05 bits per heavy atom. The van der Waals surface area contributed by atoms with E-state index in [0.717, 1.165) is 35.9 Å². The number of amides is 1. The first kappa shape index (κ1) is 26.6. The standard InChI is InChI=1S/C29H27N9O5S/c1-44(40,41)25-24(17-8-18-4-5-19(9-17)37(18)29(39)27-32-13-33-36-27)35-28-20(12-34-38(28)26(25)30)16-2-6-21(31-11-16)15-3-7-22-23(10-15)43-14-42-22/h2-3,6-7,10-13,17-19H,4-5,8-9,14,30H2,1H3,(H,32,33,36)/t17-,18-,19+. The highest BCUT2D eigenvalue weighted by Gasteiger charge is 2.46. The zero-order valence-electron chi connectivity index (χ0n) is 23.5. The molecule has 0 spiro atoms. The van der Waals surface area contributed by atoms with Gasteiger partial charge in [-0.3, -0.25) is 9.78 Å². The number of benzene rings is 1. The van der Waals surface area contributed by atoms with Gasteiger partial charge in [0.25, 0.3) is 5.91 Å². The average molecular weight is 614 g/mol. The molecular formula is C29H27N9O5S. The average Bonchev–Trinajstić information content (AvgIpc) is 3.82. The summed E-state index contributed by atoms with van der Waals surface area (Å²) in [6.07, 6.45) is 8.59. The van der Waals surface area contributed by atoms with Crippen LogP contribution < -0.4 is 15.2 Å². The van der Waals surface area contributed by atoms with Crippen molar-refractivity contribution >= 4 is 27.2 Å². The van der Waals surface area contributed by atoms with E-state index >= 15 is 0 Å². The van der Waals surface area contributed by atoms with Gasteiger partial charge in [0, 0.05) is 47.1 Å². The topological polar surface area (TPSA) is 184 Å². The van der Waals surface area contributed by atoms with E-state index in [4.69, 9.17) is 20.2 Å². The fourth-order valence-electron chi connectivity index (χ4n) is 6.82. The molecule has 14 nitrogen and oxygen atoms in total. The van der Waals surface area contributed by atoms with Gasteiger partial charge in [0.1, 0.15) is 17.0 Å². The number of nitrogens with one attached hydrogen (secondary N) is 1. The van der Waals surface area contributed by atoms with Crippen molar-refractivity contribution in [2.24, 2.45) is 0 Å². The number of piperidine rings is 1. The molecule has 7 heterocycles. The first-order chi connectivity index (χ1) is 21.3. The fourth-order valence-corrected chi connectivity index (χ4v) is 7.88. The number of aromatic amines is 1. The maximum atomic E-state index is 13.2. The van der Waals surface area contributed by atoms with Crippen molar-refractivity contribution in [1.29, 1.82) is 0 Å². The number of anilines is 1. The normalized spacial score (nSPS) is 20.8. The Bertz CT molecular complexity index is 2030. The van der Waals surface area contributed by atoms with Gasteiger partial charge in [0.05, 0.1) is 17.6 Å². The summed E-state index contributed by atoms with van der Waals surface area (Å²) in [7, 11) is -3.76. The van der Waals surface area contributed by atoms with Gasteiger partial charge in [-0.15, -0.1) is 10.2 Å². The van der Waals surface area contributed by atoms with Gasteiger partial charge in [0.2, 0.25) is 12.6 Å². The van der Waals surface area contributed by atoms with Gasteiger partial charge in [-0.05, 0) is 49.9 Å². The second kappa shape index (κ2) is 9.74. The highest BCUT2D eigenvalue weighted by molar-refractivity contribution is 7.91. The second-order valence-electron chi connectivity index (χ2n) is 11.4. The molecule has 2 saturated heterocycles. The summed E-state index contributed by atoms with van der Waals surface area (Å²) in [6, 6.07) is 9.31. The molecule has 1 amide bonds. The smallest absolute Gasteiger partial charge is 0.292 e. The summed E-state index contributed by atoms with van der Waals surface area (Å²) in [5.74, 6) is 1.16. The molecule has 44 heavy (non-hydrogen) atoms. The number of H-pyrrole nitrogens is 1. The van der Waals surface area contributed by atoms with E-state index in [2.05, 4.69) is 25.3 Å². The molecule has 0 saturated carbocycles. The van der Waals surface area contributed by atoms with Crippen LogP contribution in [0.2, 0.25) is 0 Å². The lowest BCUT2D eigenvalue weighted by Gasteiger charge is -2.38. The lowest BCUT2D eigenvalue weighted by atomic mass is 9.87. The molecule has 3 aliphatic rings. The minimum Gasteiger partial charge on any atom is -0.454 e. The summed E-state index contributed by atoms with van der Waals surface area (Å²) in [5, 5.41) is 12.1. The molecule has 5 aromatic rings. The van der Waals surface area contributed by atoms with Crippen molar-refractivity contribution in [3.63, 3.8) is 0 Å². The Morgan fingerprint density at radius 3 is 2.52 bits per heavy atom. The highest BCUT2D eigenvalue weighted by Crippen LogP contribution is 2.46. The molecule has 0 aliphatic carbocycles. The summed E-state index contributed by atoms with van der Waals surface area (Å²) in [6.45, 7) is 0.195. The second-order valence-corrected chi connectivity index (χ2v) is 13.3. The zero-order chi connectivity index (χ0) is 30.2. The number of carbonyl (C=O) groups is 1. The maximum absolute atomic E-state index is 13.2. The van der Waals surface area contributed by atoms with E-state index in [1.165, 1.54) is 10.8 Å². The van der Waals surface area contributed by atoms with Crippen LogP contribution in [0.3, 0.4) is 0 Å². The van der Waals surface area contributed by atoms with Crippen molar-refractivity contribution in [3.8, 4) is 33.9 Å². The van der Waals surface area contributed by atoms with Gasteiger partial charge in [0.15, 0.2) is 27.0 Å². The van der Waals surface area contributed by atoms with Crippen LogP contribution in [0, 0.1) is 0 Å². The van der Waals surface area contributed by atoms with Gasteiger partial charge in [-0.25, -0.2) is 13.4 Å². The summed E-state index contributed by atoms with van der Waals surface area (Å²) >= 11 is 0. The molecule has 2 fully saturated rings. The number of nitrogens with two attached hydrogens (primary N) is 1. The number of ether oxygens (including phenoxy) is 2. The first-order valence-electron chi connectivity index (χ1n) is 14.2. The van der Waals surface area contributed by atoms with E-state index in [-0.39, 0.29) is 47.2 Å². The molecule has 4 aromatic heterocycles. The Kier molecular flexibility index (Phi) is 5.88. The molecule has 15 heteroatoms. The van der Waals surface area contributed by atoms with Gasteiger partial charge in [-0.2, -0.15) is 9.61 Å². The first-order valence-corrected chi connectivity index (χ1v) is 16.1. The molecule has 0 radical (unpaired) electrons. The van der Waals surface area contributed by atoms with Crippen LogP contribution in [0.4, 0.5) is 5.82 Å². The van der Waals surface area contributed by atoms with Gasteiger partial charge >= 0.3 is 0 Å². The number of rotatable bonds is 5.